The molecule has 1 aromatic carbocycles. The highest BCUT2D eigenvalue weighted by molar-refractivity contribution is 5.85. The van der Waals surface area contributed by atoms with Crippen LogP contribution in [0.2, 0.25) is 0 Å². The van der Waals surface area contributed by atoms with Crippen LogP contribution in [-0.2, 0) is 6.42 Å². The fraction of sp³-hybridized carbons (Fsp3) is 0.125. The summed E-state index contributed by atoms with van der Waals surface area (Å²) in [5, 5.41) is 0.985. The van der Waals surface area contributed by atoms with E-state index >= 15 is 0 Å². The average molecular weight is 265 g/mol. The number of hydrogen-bond acceptors (Lipinski definition) is 4. The molecule has 0 fully saturated rings. The molecule has 20 heavy (non-hydrogen) atoms. The number of fused-ring (bicyclic) bond motifs is 1. The lowest BCUT2D eigenvalue weighted by Gasteiger charge is -2.09. The number of benzene rings is 1. The highest BCUT2D eigenvalue weighted by Gasteiger charge is 2.04. The maximum atomic E-state index is 5.94. The summed E-state index contributed by atoms with van der Waals surface area (Å²) in [5.74, 6) is 1.50. The van der Waals surface area contributed by atoms with Crippen molar-refractivity contribution in [1.29, 1.82) is 0 Å². The van der Waals surface area contributed by atoms with Crippen LogP contribution >= 0.6 is 0 Å². The SMILES string of the molecule is NCCc1cncc(Oc2cccc3ncccc23)c1. The van der Waals surface area contributed by atoms with Crippen molar-refractivity contribution in [2.45, 2.75) is 6.42 Å². The Balaban J connectivity index is 1.95. The summed E-state index contributed by atoms with van der Waals surface area (Å²) in [6, 6.07) is 11.7. The van der Waals surface area contributed by atoms with Gasteiger partial charge in [0, 0.05) is 17.8 Å². The van der Waals surface area contributed by atoms with Crippen molar-refractivity contribution in [2.75, 3.05) is 6.54 Å². The first kappa shape index (κ1) is 12.6. The Hall–Kier alpha value is -2.46. The van der Waals surface area contributed by atoms with E-state index in [-0.39, 0.29) is 0 Å². The molecule has 3 aromatic rings. The Kier molecular flexibility index (Phi) is 3.56. The van der Waals surface area contributed by atoms with Crippen molar-refractivity contribution in [2.24, 2.45) is 5.73 Å². The summed E-state index contributed by atoms with van der Waals surface area (Å²) in [6.07, 6.45) is 6.08. The molecule has 2 heterocycles. The fourth-order valence-electron chi connectivity index (χ4n) is 2.11. The Morgan fingerprint density at radius 1 is 1.10 bits per heavy atom. The molecule has 0 bridgehead atoms. The van der Waals surface area contributed by atoms with Gasteiger partial charge in [-0.1, -0.05) is 6.07 Å². The molecule has 0 unspecified atom stereocenters. The number of nitrogens with two attached hydrogens (primary N) is 1. The van der Waals surface area contributed by atoms with Crippen molar-refractivity contribution in [3.63, 3.8) is 0 Å². The van der Waals surface area contributed by atoms with Gasteiger partial charge in [0.25, 0.3) is 0 Å². The number of aromatic nitrogens is 2. The maximum absolute atomic E-state index is 5.94. The number of pyridine rings is 2. The van der Waals surface area contributed by atoms with E-state index in [4.69, 9.17) is 10.5 Å². The van der Waals surface area contributed by atoms with E-state index in [1.54, 1.807) is 12.4 Å². The summed E-state index contributed by atoms with van der Waals surface area (Å²) < 4.78 is 5.94. The van der Waals surface area contributed by atoms with Gasteiger partial charge in [-0.3, -0.25) is 9.97 Å². The molecule has 0 atom stereocenters. The number of hydrogen-bond donors (Lipinski definition) is 1. The van der Waals surface area contributed by atoms with Crippen molar-refractivity contribution in [3.8, 4) is 11.5 Å². The molecule has 0 saturated heterocycles. The summed E-state index contributed by atoms with van der Waals surface area (Å²) in [5.41, 5.74) is 7.55. The molecule has 0 aliphatic heterocycles. The van der Waals surface area contributed by atoms with Crippen LogP contribution in [0.4, 0.5) is 0 Å². The van der Waals surface area contributed by atoms with Gasteiger partial charge in [-0.05, 0) is 48.9 Å². The Bertz CT molecular complexity index is 722. The lowest BCUT2D eigenvalue weighted by atomic mass is 10.2. The Morgan fingerprint density at radius 2 is 2.05 bits per heavy atom. The van der Waals surface area contributed by atoms with Crippen molar-refractivity contribution in [3.05, 3.63) is 60.6 Å². The molecule has 0 radical (unpaired) electrons. The number of ether oxygens (including phenoxy) is 1. The van der Waals surface area contributed by atoms with E-state index in [9.17, 15) is 0 Å². The molecule has 100 valence electrons. The van der Waals surface area contributed by atoms with Gasteiger partial charge >= 0.3 is 0 Å². The van der Waals surface area contributed by atoms with Gasteiger partial charge in [0.2, 0.25) is 0 Å². The third kappa shape index (κ3) is 2.60. The zero-order valence-corrected chi connectivity index (χ0v) is 11.0. The minimum atomic E-state index is 0.601. The van der Waals surface area contributed by atoms with Crippen molar-refractivity contribution in [1.82, 2.24) is 9.97 Å². The van der Waals surface area contributed by atoms with Crippen LogP contribution in [0.3, 0.4) is 0 Å². The van der Waals surface area contributed by atoms with Gasteiger partial charge in [-0.2, -0.15) is 0 Å². The van der Waals surface area contributed by atoms with Crippen LogP contribution in [0.25, 0.3) is 10.9 Å². The normalized spacial score (nSPS) is 10.7. The molecule has 0 spiro atoms. The Labute approximate surface area is 117 Å². The number of nitrogens with zero attached hydrogens (tertiary/aromatic N) is 2. The van der Waals surface area contributed by atoms with Crippen LogP contribution in [0, 0.1) is 0 Å². The van der Waals surface area contributed by atoms with Crippen LogP contribution in [0.5, 0.6) is 11.5 Å². The van der Waals surface area contributed by atoms with Crippen molar-refractivity contribution >= 4 is 10.9 Å². The van der Waals surface area contributed by atoms with E-state index in [0.29, 0.717) is 12.3 Å². The van der Waals surface area contributed by atoms with Gasteiger partial charge in [-0.15, -0.1) is 0 Å². The second kappa shape index (κ2) is 5.67. The topological polar surface area (TPSA) is 61.0 Å². The standard InChI is InChI=1S/C16H15N3O/c17-7-6-12-9-13(11-18-10-12)20-16-5-1-4-15-14(16)3-2-8-19-15/h1-5,8-11H,6-7,17H2. The predicted octanol–water partition coefficient (Wildman–Crippen LogP) is 2.92. The summed E-state index contributed by atoms with van der Waals surface area (Å²) in [7, 11) is 0. The smallest absolute Gasteiger partial charge is 0.146 e. The van der Waals surface area contributed by atoms with Crippen LogP contribution in [0.1, 0.15) is 5.56 Å². The Morgan fingerprint density at radius 3 is 2.95 bits per heavy atom. The van der Waals surface area contributed by atoms with E-state index in [1.807, 2.05) is 42.6 Å². The fourth-order valence-corrected chi connectivity index (χ4v) is 2.11. The van der Waals surface area contributed by atoms with E-state index < -0.39 is 0 Å². The maximum Gasteiger partial charge on any atom is 0.146 e. The first-order chi connectivity index (χ1) is 9.86. The molecule has 4 nitrogen and oxygen atoms in total. The van der Waals surface area contributed by atoms with Crippen LogP contribution < -0.4 is 10.5 Å². The molecule has 0 saturated carbocycles. The molecule has 2 aromatic heterocycles. The lowest BCUT2D eigenvalue weighted by molar-refractivity contribution is 0.485. The van der Waals surface area contributed by atoms with Gasteiger partial charge < -0.3 is 10.5 Å². The quantitative estimate of drug-likeness (QED) is 0.788. The first-order valence-electron chi connectivity index (χ1n) is 6.52. The third-order valence-corrected chi connectivity index (χ3v) is 3.04. The zero-order valence-electron chi connectivity index (χ0n) is 11.0. The van der Waals surface area contributed by atoms with Gasteiger partial charge in [0.15, 0.2) is 0 Å². The molecule has 3 rings (SSSR count). The van der Waals surface area contributed by atoms with Crippen molar-refractivity contribution < 1.29 is 4.74 Å². The first-order valence-corrected chi connectivity index (χ1v) is 6.52. The van der Waals surface area contributed by atoms with Gasteiger partial charge in [-0.25, -0.2) is 0 Å². The zero-order chi connectivity index (χ0) is 13.8. The second-order valence-electron chi connectivity index (χ2n) is 4.50. The second-order valence-corrected chi connectivity index (χ2v) is 4.50. The summed E-state index contributed by atoms with van der Waals surface area (Å²) in [6.45, 7) is 0.601. The molecule has 0 amide bonds. The van der Waals surface area contributed by atoms with Crippen LogP contribution in [0.15, 0.2) is 55.0 Å². The lowest BCUT2D eigenvalue weighted by Crippen LogP contribution is -2.03. The minimum Gasteiger partial charge on any atom is -0.455 e. The highest BCUT2D eigenvalue weighted by Crippen LogP contribution is 2.28. The molecule has 0 aliphatic rings. The molecule has 4 heteroatoms. The van der Waals surface area contributed by atoms with Crippen LogP contribution in [-0.4, -0.2) is 16.5 Å². The largest absolute Gasteiger partial charge is 0.455 e. The van der Waals surface area contributed by atoms with E-state index in [0.717, 1.165) is 28.6 Å². The minimum absolute atomic E-state index is 0.601. The number of rotatable bonds is 4. The highest BCUT2D eigenvalue weighted by atomic mass is 16.5. The van der Waals surface area contributed by atoms with E-state index in [2.05, 4.69) is 9.97 Å². The van der Waals surface area contributed by atoms with E-state index in [1.165, 1.54) is 0 Å². The average Bonchev–Trinajstić information content (AvgIpc) is 2.48. The molecular weight excluding hydrogens is 250 g/mol. The summed E-state index contributed by atoms with van der Waals surface area (Å²) >= 11 is 0. The molecule has 2 N–H and O–H groups in total. The third-order valence-electron chi connectivity index (χ3n) is 3.04. The summed E-state index contributed by atoms with van der Waals surface area (Å²) in [4.78, 5) is 8.50. The predicted molar refractivity (Wildman–Crippen MR) is 78.8 cm³/mol. The molecule has 0 aliphatic carbocycles. The monoisotopic (exact) mass is 265 g/mol. The van der Waals surface area contributed by atoms with Gasteiger partial charge in [0.05, 0.1) is 11.7 Å². The van der Waals surface area contributed by atoms with Gasteiger partial charge in [0.1, 0.15) is 11.5 Å². The molecular formula is C16H15N3O.